The van der Waals surface area contributed by atoms with E-state index in [0.29, 0.717) is 5.75 Å². The van der Waals surface area contributed by atoms with E-state index in [0.717, 1.165) is 5.56 Å². The zero-order valence-electron chi connectivity index (χ0n) is 20.6. The third-order valence-corrected chi connectivity index (χ3v) is 7.12. The molecule has 4 aromatic rings. The third kappa shape index (κ3) is 7.05. The van der Waals surface area contributed by atoms with Crippen molar-refractivity contribution in [3.8, 4) is 5.75 Å². The van der Waals surface area contributed by atoms with Crippen LogP contribution >= 0.6 is 7.75 Å². The number of aromatic nitrogens is 4. The molecule has 1 unspecified atom stereocenters. The first kappa shape index (κ1) is 27.0. The van der Waals surface area contributed by atoms with E-state index in [-0.39, 0.29) is 50.2 Å². The molecule has 0 fully saturated rings. The number of carbonyl (C=O) groups excluding carboxylic acids is 1. The molecule has 0 aliphatic heterocycles. The molecule has 0 saturated heterocycles. The third-order valence-electron chi connectivity index (χ3n) is 5.19. The van der Waals surface area contributed by atoms with Gasteiger partial charge in [-0.3, -0.25) is 23.7 Å². The van der Waals surface area contributed by atoms with Crippen molar-refractivity contribution < 1.29 is 27.9 Å². The van der Waals surface area contributed by atoms with Crippen LogP contribution in [0.15, 0.2) is 71.8 Å². The zero-order valence-corrected chi connectivity index (χ0v) is 21.5. The lowest BCUT2D eigenvalue weighted by Gasteiger charge is -2.26. The zero-order chi connectivity index (χ0) is 27.0. The van der Waals surface area contributed by atoms with Gasteiger partial charge in [-0.2, -0.15) is 9.65 Å². The fourth-order valence-electron chi connectivity index (χ4n) is 3.31. The van der Waals surface area contributed by atoms with Crippen LogP contribution in [-0.2, 0) is 36.7 Å². The van der Waals surface area contributed by atoms with Crippen molar-refractivity contribution in [1.82, 2.24) is 24.2 Å². The van der Waals surface area contributed by atoms with Crippen LogP contribution in [0.1, 0.15) is 5.56 Å². The number of H-pyrrole nitrogens is 1. The number of likely N-dealkylation sites (N-methyl/N-ethyl adjacent to an activating group) is 1. The van der Waals surface area contributed by atoms with Gasteiger partial charge in [-0.05, 0) is 24.7 Å². The predicted octanol–water partition coefficient (Wildman–Crippen LogP) is 2.55. The van der Waals surface area contributed by atoms with Gasteiger partial charge in [-0.15, -0.1) is 0 Å². The molecule has 2 aromatic carbocycles. The smallest absolute Gasteiger partial charge is 0.460 e. The van der Waals surface area contributed by atoms with Crippen LogP contribution in [-0.4, -0.2) is 57.0 Å². The molecule has 0 amide bonds. The van der Waals surface area contributed by atoms with Crippen LogP contribution in [0.25, 0.3) is 11.2 Å². The summed E-state index contributed by atoms with van der Waals surface area (Å²) < 4.78 is 38.5. The van der Waals surface area contributed by atoms with E-state index in [1.54, 1.807) is 30.3 Å². The second-order valence-corrected chi connectivity index (χ2v) is 10.1. The molecule has 0 aliphatic rings. The SMILES string of the molecule is CN(CC(=O)OCc1ccccc1)P(=O)(OCCOCn1cnc2c(=O)[nH]c(N)nc21)Oc1ccccc1. The molecule has 3 N–H and O–H groups in total. The second-order valence-electron chi connectivity index (χ2n) is 8.04. The van der Waals surface area contributed by atoms with Crippen molar-refractivity contribution in [3.63, 3.8) is 0 Å². The van der Waals surface area contributed by atoms with E-state index < -0.39 is 19.3 Å². The van der Waals surface area contributed by atoms with Gasteiger partial charge in [0, 0.05) is 0 Å². The molecule has 13 nitrogen and oxygen atoms in total. The number of anilines is 1. The number of rotatable bonds is 13. The number of nitrogens with one attached hydrogen (secondary N) is 1. The van der Waals surface area contributed by atoms with E-state index in [1.165, 1.54) is 22.6 Å². The summed E-state index contributed by atoms with van der Waals surface area (Å²) in [6.45, 7) is -0.383. The number of para-hydroxylation sites is 1. The average Bonchev–Trinajstić information content (AvgIpc) is 3.31. The number of esters is 1. The number of hydrogen-bond donors (Lipinski definition) is 2. The molecule has 0 bridgehead atoms. The first-order valence-corrected chi connectivity index (χ1v) is 13.0. The molecule has 1 atom stereocenters. The number of fused-ring (bicyclic) bond motifs is 1. The first-order chi connectivity index (χ1) is 18.3. The maximum absolute atomic E-state index is 13.7. The second kappa shape index (κ2) is 12.5. The van der Waals surface area contributed by atoms with Gasteiger partial charge in [0.05, 0.1) is 19.5 Å². The summed E-state index contributed by atoms with van der Waals surface area (Å²) in [7, 11) is -2.53. The Kier molecular flexibility index (Phi) is 8.87. The Bertz CT molecular complexity index is 1460. The highest BCUT2D eigenvalue weighted by Gasteiger charge is 2.34. The van der Waals surface area contributed by atoms with E-state index >= 15 is 0 Å². The number of nitrogens with two attached hydrogens (primary N) is 1. The Morgan fingerprint density at radius 1 is 1.11 bits per heavy atom. The molecule has 4 rings (SSSR count). The largest absolute Gasteiger partial charge is 0.461 e. The standard InChI is InChI=1S/C24H27N6O7P/c1-29(14-20(31)35-15-18-8-4-2-5-9-18)38(33,37-19-10-6-3-7-11-19)36-13-12-34-17-30-16-26-21-22(30)27-24(25)28-23(21)32/h2-11,16H,12-15,17H2,1H3,(H3,25,27,28,32). The quantitative estimate of drug-likeness (QED) is 0.145. The van der Waals surface area contributed by atoms with Crippen molar-refractivity contribution in [3.05, 3.63) is 82.9 Å². The van der Waals surface area contributed by atoms with Gasteiger partial charge in [0.15, 0.2) is 11.2 Å². The number of ether oxygens (including phenoxy) is 2. The highest BCUT2D eigenvalue weighted by Crippen LogP contribution is 2.50. The monoisotopic (exact) mass is 542 g/mol. The number of benzene rings is 2. The molecule has 2 aromatic heterocycles. The topological polar surface area (TPSA) is 164 Å². The molecular weight excluding hydrogens is 515 g/mol. The predicted molar refractivity (Wildman–Crippen MR) is 138 cm³/mol. The maximum atomic E-state index is 13.7. The number of hydrogen-bond acceptors (Lipinski definition) is 10. The summed E-state index contributed by atoms with van der Waals surface area (Å²) in [6.07, 6.45) is 1.39. The van der Waals surface area contributed by atoms with Gasteiger partial charge in [-0.1, -0.05) is 48.5 Å². The Morgan fingerprint density at radius 2 is 1.82 bits per heavy atom. The lowest BCUT2D eigenvalue weighted by Crippen LogP contribution is -2.28. The summed E-state index contributed by atoms with van der Waals surface area (Å²) in [5.41, 5.74) is 6.36. The molecule has 0 aliphatic carbocycles. The van der Waals surface area contributed by atoms with Gasteiger partial charge < -0.3 is 19.7 Å². The Labute approximate surface area is 217 Å². The average molecular weight is 542 g/mol. The highest BCUT2D eigenvalue weighted by atomic mass is 31.2. The van der Waals surface area contributed by atoms with Crippen molar-refractivity contribution in [2.24, 2.45) is 0 Å². The Balaban J connectivity index is 1.34. The fourth-order valence-corrected chi connectivity index (χ4v) is 4.68. The maximum Gasteiger partial charge on any atom is 0.461 e. The van der Waals surface area contributed by atoms with E-state index in [1.807, 2.05) is 30.3 Å². The minimum atomic E-state index is -3.98. The van der Waals surface area contributed by atoms with E-state index in [2.05, 4.69) is 15.0 Å². The summed E-state index contributed by atoms with van der Waals surface area (Å²) >= 11 is 0. The normalized spacial score (nSPS) is 12.9. The Morgan fingerprint density at radius 3 is 2.55 bits per heavy atom. The van der Waals surface area contributed by atoms with Gasteiger partial charge in [0.1, 0.15) is 25.6 Å². The summed E-state index contributed by atoms with van der Waals surface area (Å²) in [4.78, 5) is 34.8. The highest BCUT2D eigenvalue weighted by molar-refractivity contribution is 7.51. The van der Waals surface area contributed by atoms with Crippen molar-refractivity contribution >= 4 is 30.8 Å². The molecule has 0 radical (unpaired) electrons. The van der Waals surface area contributed by atoms with Crippen molar-refractivity contribution in [1.29, 1.82) is 0 Å². The minimum Gasteiger partial charge on any atom is -0.460 e. The van der Waals surface area contributed by atoms with Gasteiger partial charge in [-0.25, -0.2) is 9.55 Å². The number of carbonyl (C=O) groups is 1. The number of imidazole rings is 1. The first-order valence-electron chi connectivity index (χ1n) is 11.5. The lowest BCUT2D eigenvalue weighted by atomic mass is 10.2. The lowest BCUT2D eigenvalue weighted by molar-refractivity contribution is -0.145. The number of aromatic amines is 1. The fraction of sp³-hybridized carbons (Fsp3) is 0.250. The minimum absolute atomic E-state index is 0.00673. The van der Waals surface area contributed by atoms with Crippen LogP contribution < -0.4 is 15.8 Å². The molecule has 0 spiro atoms. The van der Waals surface area contributed by atoms with E-state index in [4.69, 9.17) is 24.3 Å². The Hall–Kier alpha value is -4.03. The van der Waals surface area contributed by atoms with Gasteiger partial charge >= 0.3 is 13.7 Å². The molecule has 38 heavy (non-hydrogen) atoms. The summed E-state index contributed by atoms with van der Waals surface area (Å²) in [6, 6.07) is 17.7. The van der Waals surface area contributed by atoms with Crippen LogP contribution in [0.2, 0.25) is 0 Å². The van der Waals surface area contributed by atoms with Crippen LogP contribution in [0.3, 0.4) is 0 Å². The van der Waals surface area contributed by atoms with Gasteiger partial charge in [0.25, 0.3) is 5.56 Å². The van der Waals surface area contributed by atoms with E-state index in [9.17, 15) is 14.2 Å². The van der Waals surface area contributed by atoms with Crippen LogP contribution in [0, 0.1) is 0 Å². The van der Waals surface area contributed by atoms with Crippen molar-refractivity contribution in [2.45, 2.75) is 13.3 Å². The number of nitrogens with zero attached hydrogens (tertiary/aromatic N) is 4. The molecule has 0 saturated carbocycles. The van der Waals surface area contributed by atoms with Crippen molar-refractivity contribution in [2.75, 3.05) is 32.5 Å². The summed E-state index contributed by atoms with van der Waals surface area (Å²) in [5, 5.41) is 0. The molecular formula is C24H27N6O7P. The van der Waals surface area contributed by atoms with Crippen LogP contribution in [0.5, 0.6) is 5.75 Å². The van der Waals surface area contributed by atoms with Gasteiger partial charge in [0.2, 0.25) is 5.95 Å². The molecule has 14 heteroatoms. The van der Waals surface area contributed by atoms with Crippen LogP contribution in [0.4, 0.5) is 5.95 Å². The molecule has 2 heterocycles. The summed E-state index contributed by atoms with van der Waals surface area (Å²) in [5.74, 6) is -0.334. The number of nitrogen functional groups attached to an aromatic ring is 1. The molecule has 200 valence electrons.